The predicted molar refractivity (Wildman–Crippen MR) is 57.8 cm³/mol. The highest BCUT2D eigenvalue weighted by atomic mass is 32.2. The van der Waals surface area contributed by atoms with Gasteiger partial charge in [-0.3, -0.25) is 5.41 Å². The average molecular weight is 221 g/mol. The van der Waals surface area contributed by atoms with Gasteiger partial charge in [-0.1, -0.05) is 6.92 Å². The number of hydrogen-bond acceptors (Lipinski definition) is 3. The predicted octanol–water partition coefficient (Wildman–Crippen LogP) is 0.419. The highest BCUT2D eigenvalue weighted by Gasteiger charge is 2.31. The average Bonchev–Trinajstić information content (AvgIpc) is 1.97. The lowest BCUT2D eigenvalue weighted by molar-refractivity contribution is 0.536. The van der Waals surface area contributed by atoms with E-state index in [0.29, 0.717) is 6.42 Å². The highest BCUT2D eigenvalue weighted by molar-refractivity contribution is 7.90. The molecule has 0 fully saturated rings. The molecule has 5 nitrogen and oxygen atoms in total. The number of hydrogen-bond donors (Lipinski definition) is 3. The van der Waals surface area contributed by atoms with Crippen molar-refractivity contribution >= 4 is 15.9 Å². The Balaban J connectivity index is 4.75. The van der Waals surface area contributed by atoms with Crippen LogP contribution in [0.1, 0.15) is 34.1 Å². The summed E-state index contributed by atoms with van der Waals surface area (Å²) < 4.78 is 24.9. The van der Waals surface area contributed by atoms with Crippen LogP contribution in [0.5, 0.6) is 0 Å². The molecule has 0 aromatic rings. The van der Waals surface area contributed by atoms with Crippen molar-refractivity contribution in [2.24, 2.45) is 5.73 Å². The van der Waals surface area contributed by atoms with Crippen molar-refractivity contribution in [3.8, 4) is 0 Å². The molecule has 1 unspecified atom stereocenters. The molecule has 0 amide bonds. The summed E-state index contributed by atoms with van der Waals surface area (Å²) in [7, 11) is -3.42. The van der Waals surface area contributed by atoms with E-state index in [-0.39, 0.29) is 5.84 Å². The maximum Gasteiger partial charge on any atom is 0.217 e. The molecule has 0 saturated heterocycles. The van der Waals surface area contributed by atoms with Crippen molar-refractivity contribution in [2.45, 2.75) is 44.9 Å². The first-order valence-corrected chi connectivity index (χ1v) is 5.96. The Morgan fingerprint density at radius 3 is 2.14 bits per heavy atom. The van der Waals surface area contributed by atoms with Gasteiger partial charge in [0, 0.05) is 0 Å². The normalized spacial score (nSPS) is 15.1. The van der Waals surface area contributed by atoms with Crippen LogP contribution in [-0.4, -0.2) is 25.0 Å². The molecule has 0 aromatic carbocycles. The van der Waals surface area contributed by atoms with Crippen molar-refractivity contribution in [1.29, 1.82) is 5.41 Å². The number of rotatable bonds is 4. The van der Waals surface area contributed by atoms with Gasteiger partial charge in [-0.25, -0.2) is 13.1 Å². The largest absolute Gasteiger partial charge is 0.386 e. The molecule has 6 heteroatoms. The standard InChI is InChI=1S/C8H19N3O2S/c1-5-6(7(9)10)11-14(12,13)8(2,3)4/h6,11H,5H2,1-4H3,(H3,9,10). The summed E-state index contributed by atoms with van der Waals surface area (Å²) in [6, 6.07) is -0.598. The first kappa shape index (κ1) is 13.4. The fourth-order valence-electron chi connectivity index (χ4n) is 0.731. The van der Waals surface area contributed by atoms with Crippen molar-refractivity contribution in [2.75, 3.05) is 0 Å². The van der Waals surface area contributed by atoms with Crippen LogP contribution < -0.4 is 10.5 Å². The smallest absolute Gasteiger partial charge is 0.217 e. The second-order valence-electron chi connectivity index (χ2n) is 4.15. The number of nitrogens with two attached hydrogens (primary N) is 1. The zero-order valence-electron chi connectivity index (χ0n) is 9.09. The van der Waals surface area contributed by atoms with Gasteiger partial charge in [0.1, 0.15) is 5.84 Å². The third-order valence-electron chi connectivity index (χ3n) is 1.89. The Hall–Kier alpha value is -0.620. The molecule has 14 heavy (non-hydrogen) atoms. The van der Waals surface area contributed by atoms with Crippen LogP contribution in [0.25, 0.3) is 0 Å². The third-order valence-corrected chi connectivity index (χ3v) is 4.09. The fourth-order valence-corrected chi connectivity index (χ4v) is 1.75. The van der Waals surface area contributed by atoms with Gasteiger partial charge in [-0.05, 0) is 27.2 Å². The number of amidine groups is 1. The number of sulfonamides is 1. The molecule has 0 bridgehead atoms. The van der Waals surface area contributed by atoms with Crippen LogP contribution in [0.2, 0.25) is 0 Å². The van der Waals surface area contributed by atoms with Crippen molar-refractivity contribution in [3.63, 3.8) is 0 Å². The zero-order valence-corrected chi connectivity index (χ0v) is 9.90. The van der Waals surface area contributed by atoms with Gasteiger partial charge in [0.2, 0.25) is 10.0 Å². The lowest BCUT2D eigenvalue weighted by atomic mass is 10.2. The first-order chi connectivity index (χ1) is 6.12. The van der Waals surface area contributed by atoms with Gasteiger partial charge < -0.3 is 5.73 Å². The summed E-state index contributed by atoms with van der Waals surface area (Å²) in [6.45, 7) is 6.57. The van der Waals surface area contributed by atoms with E-state index in [0.717, 1.165) is 0 Å². The van der Waals surface area contributed by atoms with Crippen molar-refractivity contribution in [3.05, 3.63) is 0 Å². The highest BCUT2D eigenvalue weighted by Crippen LogP contribution is 2.14. The second kappa shape index (κ2) is 4.27. The van der Waals surface area contributed by atoms with E-state index in [1.807, 2.05) is 0 Å². The van der Waals surface area contributed by atoms with Gasteiger partial charge in [0.05, 0.1) is 10.8 Å². The SMILES string of the molecule is CCC(NS(=O)(=O)C(C)(C)C)C(=N)N. The van der Waals surface area contributed by atoms with Gasteiger partial charge in [0.15, 0.2) is 0 Å². The van der Waals surface area contributed by atoms with Crippen LogP contribution in [-0.2, 0) is 10.0 Å². The minimum Gasteiger partial charge on any atom is -0.386 e. The summed E-state index contributed by atoms with van der Waals surface area (Å²) >= 11 is 0. The molecule has 0 aliphatic carbocycles. The molecule has 0 spiro atoms. The second-order valence-corrected chi connectivity index (χ2v) is 6.62. The van der Waals surface area contributed by atoms with E-state index in [1.165, 1.54) is 0 Å². The number of nitrogens with one attached hydrogen (secondary N) is 2. The monoisotopic (exact) mass is 221 g/mol. The Bertz CT molecular complexity index is 303. The summed E-state index contributed by atoms with van der Waals surface area (Å²) in [4.78, 5) is 0. The Morgan fingerprint density at radius 1 is 1.50 bits per heavy atom. The van der Waals surface area contributed by atoms with Crippen molar-refractivity contribution in [1.82, 2.24) is 4.72 Å². The van der Waals surface area contributed by atoms with E-state index in [2.05, 4.69) is 4.72 Å². The molecule has 0 radical (unpaired) electrons. The summed E-state index contributed by atoms with van der Waals surface area (Å²) in [6.07, 6.45) is 0.477. The summed E-state index contributed by atoms with van der Waals surface area (Å²) in [5.41, 5.74) is 5.25. The summed E-state index contributed by atoms with van der Waals surface area (Å²) in [5, 5.41) is 7.19. The Kier molecular flexibility index (Phi) is 4.08. The van der Waals surface area contributed by atoms with E-state index in [9.17, 15) is 8.42 Å². The maximum atomic E-state index is 11.7. The molecule has 0 saturated carbocycles. The maximum absolute atomic E-state index is 11.7. The molecule has 84 valence electrons. The van der Waals surface area contributed by atoms with Crippen LogP contribution in [0.4, 0.5) is 0 Å². The topological polar surface area (TPSA) is 96.0 Å². The van der Waals surface area contributed by atoms with Crippen LogP contribution in [0.3, 0.4) is 0 Å². The van der Waals surface area contributed by atoms with E-state index in [1.54, 1.807) is 27.7 Å². The molecule has 0 aliphatic heterocycles. The zero-order chi connectivity index (χ0) is 11.6. The molecular weight excluding hydrogens is 202 g/mol. The van der Waals surface area contributed by atoms with Gasteiger partial charge in [0.25, 0.3) is 0 Å². The van der Waals surface area contributed by atoms with Gasteiger partial charge >= 0.3 is 0 Å². The Morgan fingerprint density at radius 2 is 1.93 bits per heavy atom. The molecule has 0 aliphatic rings. The Labute approximate surface area is 85.6 Å². The third kappa shape index (κ3) is 3.26. The van der Waals surface area contributed by atoms with Gasteiger partial charge in [-0.2, -0.15) is 0 Å². The quantitative estimate of drug-likeness (QED) is 0.474. The first-order valence-electron chi connectivity index (χ1n) is 4.47. The van der Waals surface area contributed by atoms with Gasteiger partial charge in [-0.15, -0.1) is 0 Å². The fraction of sp³-hybridized carbons (Fsp3) is 0.875. The molecule has 4 N–H and O–H groups in total. The lowest BCUT2D eigenvalue weighted by Crippen LogP contribution is -2.49. The molecule has 0 aromatic heterocycles. The lowest BCUT2D eigenvalue weighted by Gasteiger charge is -2.23. The van der Waals surface area contributed by atoms with E-state index >= 15 is 0 Å². The van der Waals surface area contributed by atoms with E-state index in [4.69, 9.17) is 11.1 Å². The minimum absolute atomic E-state index is 0.152. The molecule has 0 rings (SSSR count). The van der Waals surface area contributed by atoms with E-state index < -0.39 is 20.8 Å². The molecule has 0 heterocycles. The van der Waals surface area contributed by atoms with Crippen LogP contribution in [0.15, 0.2) is 0 Å². The summed E-state index contributed by atoms with van der Waals surface area (Å²) in [5.74, 6) is -0.152. The van der Waals surface area contributed by atoms with Crippen LogP contribution >= 0.6 is 0 Å². The minimum atomic E-state index is -3.42. The molecular formula is C8H19N3O2S. The molecule has 1 atom stereocenters. The van der Waals surface area contributed by atoms with Crippen LogP contribution in [0, 0.1) is 5.41 Å². The van der Waals surface area contributed by atoms with Crippen molar-refractivity contribution < 1.29 is 8.42 Å².